The van der Waals surface area contributed by atoms with Gasteiger partial charge in [-0.25, -0.2) is 14.4 Å². The molecule has 0 aromatic heterocycles. The van der Waals surface area contributed by atoms with Gasteiger partial charge in [0.1, 0.15) is 18.3 Å². The molecule has 1 heterocycles. The predicted molar refractivity (Wildman–Crippen MR) is 183 cm³/mol. The lowest BCUT2D eigenvalue weighted by molar-refractivity contribution is -0.190. The second kappa shape index (κ2) is 17.8. The number of para-hydroxylation sites is 1. The summed E-state index contributed by atoms with van der Waals surface area (Å²) in [7, 11) is 1.28. The molecule has 14 heteroatoms. The average molecular weight is 713 g/mol. The molecule has 1 saturated heterocycles. The van der Waals surface area contributed by atoms with Gasteiger partial charge in [-0.05, 0) is 44.9 Å². The van der Waals surface area contributed by atoms with E-state index in [0.717, 1.165) is 0 Å². The van der Waals surface area contributed by atoms with Gasteiger partial charge >= 0.3 is 23.9 Å². The number of esters is 4. The number of methoxy groups -OCH3 is 1. The Kier molecular flexibility index (Phi) is 14.1. The minimum absolute atomic E-state index is 0.0182. The van der Waals surface area contributed by atoms with Crippen molar-refractivity contribution < 1.29 is 57.6 Å². The Bertz CT molecular complexity index is 1560. The van der Waals surface area contributed by atoms with E-state index in [-0.39, 0.29) is 23.4 Å². The molecule has 2 aromatic carbocycles. The molecule has 1 fully saturated rings. The van der Waals surface area contributed by atoms with Crippen LogP contribution in [0.1, 0.15) is 70.8 Å². The van der Waals surface area contributed by atoms with Crippen molar-refractivity contribution >= 4 is 41.9 Å². The second-order valence-electron chi connectivity index (χ2n) is 13.4. The highest BCUT2D eigenvalue weighted by Crippen LogP contribution is 2.32. The molecule has 2 aromatic rings. The van der Waals surface area contributed by atoms with Crippen LogP contribution in [0.2, 0.25) is 0 Å². The van der Waals surface area contributed by atoms with Crippen molar-refractivity contribution in [2.45, 2.75) is 97.9 Å². The number of benzene rings is 2. The van der Waals surface area contributed by atoms with Gasteiger partial charge in [0.05, 0.1) is 23.8 Å². The second-order valence-corrected chi connectivity index (χ2v) is 13.4. The monoisotopic (exact) mass is 712 g/mol. The van der Waals surface area contributed by atoms with Crippen molar-refractivity contribution in [3.63, 3.8) is 0 Å². The summed E-state index contributed by atoms with van der Waals surface area (Å²) >= 11 is 0. The molecule has 3 rings (SSSR count). The number of amides is 2. The number of aliphatic hydroxyl groups is 1. The van der Waals surface area contributed by atoms with Gasteiger partial charge in [0.25, 0.3) is 5.91 Å². The fourth-order valence-corrected chi connectivity index (χ4v) is 5.42. The molecule has 1 aliphatic rings. The van der Waals surface area contributed by atoms with Crippen molar-refractivity contribution in [2.24, 2.45) is 17.3 Å². The normalized spacial score (nSPS) is 25.1. The summed E-state index contributed by atoms with van der Waals surface area (Å²) in [5.41, 5.74) is -0.947. The Labute approximate surface area is 297 Å². The summed E-state index contributed by atoms with van der Waals surface area (Å²) in [5.74, 6) is -6.26. The molecule has 0 radical (unpaired) electrons. The SMILES string of the molecule is CCC(C)C1OC(=O)C(C)(C)C(O)C(Cc2ccccc2)OC(=O)C(C(C)C)OC(=O)C(NC(=O)c2cccc(NC=O)c2OC)C(C)OC1=O. The van der Waals surface area contributed by atoms with Crippen LogP contribution in [0.4, 0.5) is 5.69 Å². The fraction of sp³-hybridized carbons (Fsp3) is 0.514. The molecule has 0 aliphatic carbocycles. The molecule has 1 aliphatic heterocycles. The van der Waals surface area contributed by atoms with Gasteiger partial charge in [0, 0.05) is 18.3 Å². The van der Waals surface area contributed by atoms with Crippen molar-refractivity contribution in [3.05, 3.63) is 59.7 Å². The van der Waals surface area contributed by atoms with E-state index < -0.39 is 83.6 Å². The summed E-state index contributed by atoms with van der Waals surface area (Å²) in [5, 5.41) is 16.6. The van der Waals surface area contributed by atoms with Crippen LogP contribution in [0.3, 0.4) is 0 Å². The highest BCUT2D eigenvalue weighted by molar-refractivity contribution is 6.01. The van der Waals surface area contributed by atoms with E-state index in [9.17, 15) is 33.9 Å². The fourth-order valence-electron chi connectivity index (χ4n) is 5.42. The lowest BCUT2D eigenvalue weighted by atomic mass is 9.81. The first kappa shape index (κ1) is 40.4. The molecule has 51 heavy (non-hydrogen) atoms. The molecule has 3 N–H and O–H groups in total. The van der Waals surface area contributed by atoms with E-state index in [0.29, 0.717) is 18.4 Å². The standard InChI is InChI=1S/C37H48N2O12/c1-9-21(4)29-35(45)48-22(5)27(39-32(42)24-16-13-17-25(38-19-40)30(24)47-8)33(43)50-28(20(2)3)34(44)49-26(18-23-14-11-10-12-15-23)31(41)37(6,7)36(46)51-29/h10-17,19-22,26-29,31,41H,9,18H2,1-8H3,(H,38,40)(H,39,42). The lowest BCUT2D eigenvalue weighted by Gasteiger charge is -2.35. The third-order valence-electron chi connectivity index (χ3n) is 8.86. The van der Waals surface area contributed by atoms with Crippen molar-refractivity contribution in [1.29, 1.82) is 0 Å². The third-order valence-corrected chi connectivity index (χ3v) is 8.86. The average Bonchev–Trinajstić information content (AvgIpc) is 3.10. The first-order chi connectivity index (χ1) is 24.1. The Hall–Kier alpha value is -4.98. The van der Waals surface area contributed by atoms with Crippen LogP contribution in [0, 0.1) is 17.3 Å². The Morgan fingerprint density at radius 2 is 1.57 bits per heavy atom. The molecule has 7 atom stereocenters. The summed E-state index contributed by atoms with van der Waals surface area (Å²) < 4.78 is 28.3. The maximum atomic E-state index is 13.9. The maximum Gasteiger partial charge on any atom is 0.348 e. The van der Waals surface area contributed by atoms with Crippen LogP contribution in [-0.4, -0.2) is 85.0 Å². The maximum absolute atomic E-state index is 13.9. The van der Waals surface area contributed by atoms with Crippen molar-refractivity contribution in [3.8, 4) is 5.75 Å². The van der Waals surface area contributed by atoms with E-state index in [1.165, 1.54) is 46.1 Å². The summed E-state index contributed by atoms with van der Waals surface area (Å²) in [6.45, 7) is 10.8. The van der Waals surface area contributed by atoms with Gasteiger partial charge < -0.3 is 39.4 Å². The Morgan fingerprint density at radius 1 is 0.922 bits per heavy atom. The van der Waals surface area contributed by atoms with Gasteiger partial charge in [0.2, 0.25) is 18.6 Å². The summed E-state index contributed by atoms with van der Waals surface area (Å²) in [6, 6.07) is 11.5. The van der Waals surface area contributed by atoms with E-state index in [1.807, 2.05) is 0 Å². The summed E-state index contributed by atoms with van der Waals surface area (Å²) in [4.78, 5) is 79.9. The number of hydrogen-bond acceptors (Lipinski definition) is 12. The number of hydrogen-bond donors (Lipinski definition) is 3. The van der Waals surface area contributed by atoms with Crippen LogP contribution in [-0.2, 0) is 49.3 Å². The quantitative estimate of drug-likeness (QED) is 0.185. The molecule has 278 valence electrons. The van der Waals surface area contributed by atoms with Crippen molar-refractivity contribution in [1.82, 2.24) is 5.32 Å². The van der Waals surface area contributed by atoms with Crippen LogP contribution in [0.5, 0.6) is 5.75 Å². The molecule has 0 bridgehead atoms. The number of anilines is 1. The van der Waals surface area contributed by atoms with Crippen LogP contribution >= 0.6 is 0 Å². The molecule has 0 saturated carbocycles. The minimum atomic E-state index is -1.71. The topological polar surface area (TPSA) is 193 Å². The van der Waals surface area contributed by atoms with E-state index in [4.69, 9.17) is 23.7 Å². The number of aliphatic hydroxyl groups excluding tert-OH is 1. The first-order valence-electron chi connectivity index (χ1n) is 16.8. The van der Waals surface area contributed by atoms with Crippen LogP contribution < -0.4 is 15.4 Å². The number of carbonyl (C=O) groups excluding carboxylic acids is 6. The van der Waals surface area contributed by atoms with Gasteiger partial charge in [0.15, 0.2) is 11.8 Å². The Morgan fingerprint density at radius 3 is 2.16 bits per heavy atom. The molecule has 7 unspecified atom stereocenters. The van der Waals surface area contributed by atoms with E-state index >= 15 is 0 Å². The highest BCUT2D eigenvalue weighted by Gasteiger charge is 2.47. The largest absolute Gasteiger partial charge is 0.494 e. The van der Waals surface area contributed by atoms with E-state index in [1.54, 1.807) is 58.0 Å². The zero-order valence-corrected chi connectivity index (χ0v) is 30.2. The van der Waals surface area contributed by atoms with Crippen molar-refractivity contribution in [2.75, 3.05) is 12.4 Å². The third kappa shape index (κ3) is 9.84. The predicted octanol–water partition coefficient (Wildman–Crippen LogP) is 3.37. The first-order valence-corrected chi connectivity index (χ1v) is 16.8. The van der Waals surface area contributed by atoms with Gasteiger partial charge in [-0.15, -0.1) is 0 Å². The number of cyclic esters (lactones) is 4. The lowest BCUT2D eigenvalue weighted by Crippen LogP contribution is -2.52. The van der Waals surface area contributed by atoms with Crippen LogP contribution in [0.15, 0.2) is 48.5 Å². The molecule has 14 nitrogen and oxygen atoms in total. The van der Waals surface area contributed by atoms with Gasteiger partial charge in [-0.2, -0.15) is 0 Å². The smallest absolute Gasteiger partial charge is 0.348 e. The van der Waals surface area contributed by atoms with Gasteiger partial charge in [-0.1, -0.05) is 64.1 Å². The molecule has 2 amide bonds. The number of rotatable bonds is 10. The van der Waals surface area contributed by atoms with Crippen LogP contribution in [0.25, 0.3) is 0 Å². The van der Waals surface area contributed by atoms with E-state index in [2.05, 4.69) is 10.6 Å². The zero-order chi connectivity index (χ0) is 38.0. The zero-order valence-electron chi connectivity index (χ0n) is 30.2. The number of carbonyl (C=O) groups is 6. The molecular formula is C37H48N2O12. The summed E-state index contributed by atoms with van der Waals surface area (Å²) in [6.07, 6.45) is -6.66. The number of ether oxygens (including phenoxy) is 5. The minimum Gasteiger partial charge on any atom is -0.494 e. The number of nitrogens with one attached hydrogen (secondary N) is 2. The Balaban J connectivity index is 2.13. The molecule has 0 spiro atoms. The van der Waals surface area contributed by atoms with Gasteiger partial charge in [-0.3, -0.25) is 14.4 Å². The molecular weight excluding hydrogens is 664 g/mol. The highest BCUT2D eigenvalue weighted by atomic mass is 16.6.